The Labute approximate surface area is 131 Å². The minimum Gasteiger partial charge on any atom is -0.377 e. The van der Waals surface area contributed by atoms with E-state index in [1.807, 2.05) is 0 Å². The monoisotopic (exact) mass is 357 g/mol. The van der Waals surface area contributed by atoms with Gasteiger partial charge in [0.05, 0.1) is 16.6 Å². The van der Waals surface area contributed by atoms with Gasteiger partial charge in [0.15, 0.2) is 0 Å². The largest absolute Gasteiger partial charge is 0.417 e. The zero-order chi connectivity index (χ0) is 16.5. The van der Waals surface area contributed by atoms with E-state index in [1.54, 1.807) is 6.92 Å². The number of nitrogens with one attached hydrogen (secondary N) is 1. The minimum atomic E-state index is -4.82. The number of rotatable bonds is 4. The van der Waals surface area contributed by atoms with Crippen molar-refractivity contribution in [1.29, 1.82) is 0 Å². The summed E-state index contributed by atoms with van der Waals surface area (Å²) in [5.74, 6) is 0. The predicted octanol–water partition coefficient (Wildman–Crippen LogP) is 3.20. The van der Waals surface area contributed by atoms with Crippen LogP contribution in [-0.2, 0) is 20.9 Å². The Morgan fingerprint density at radius 2 is 2.09 bits per heavy atom. The molecule has 2 unspecified atom stereocenters. The molecule has 22 heavy (non-hydrogen) atoms. The standard InChI is InChI=1S/C13H15ClF3NO3S/c1-8(11-3-2-6-21-11)18-22(19,20)12-5-4-9(14)7-10(12)13(15,16)17/h4-5,7-8,11,18H,2-3,6H2,1H3. The smallest absolute Gasteiger partial charge is 0.377 e. The summed E-state index contributed by atoms with van der Waals surface area (Å²) in [5.41, 5.74) is -1.29. The van der Waals surface area contributed by atoms with E-state index in [1.165, 1.54) is 0 Å². The highest BCUT2D eigenvalue weighted by Crippen LogP contribution is 2.36. The third kappa shape index (κ3) is 3.92. The van der Waals surface area contributed by atoms with Crippen molar-refractivity contribution in [2.24, 2.45) is 0 Å². The molecule has 1 aliphatic heterocycles. The molecule has 2 rings (SSSR count). The highest BCUT2D eigenvalue weighted by atomic mass is 35.5. The fourth-order valence-electron chi connectivity index (χ4n) is 2.34. The fraction of sp³-hybridized carbons (Fsp3) is 0.538. The normalized spacial score (nSPS) is 21.0. The molecule has 0 amide bonds. The van der Waals surface area contributed by atoms with Gasteiger partial charge in [0.2, 0.25) is 10.0 Å². The zero-order valence-electron chi connectivity index (χ0n) is 11.7. The Hall–Kier alpha value is -0.830. The Morgan fingerprint density at radius 1 is 1.41 bits per heavy atom. The van der Waals surface area contributed by atoms with Crippen LogP contribution in [-0.4, -0.2) is 27.2 Å². The lowest BCUT2D eigenvalue weighted by Gasteiger charge is -2.21. The molecule has 1 N–H and O–H groups in total. The number of hydrogen-bond acceptors (Lipinski definition) is 3. The molecule has 0 saturated carbocycles. The van der Waals surface area contributed by atoms with Crippen molar-refractivity contribution in [3.8, 4) is 0 Å². The van der Waals surface area contributed by atoms with Crippen LogP contribution in [0.3, 0.4) is 0 Å². The third-order valence-electron chi connectivity index (χ3n) is 3.40. The lowest BCUT2D eigenvalue weighted by molar-refractivity contribution is -0.139. The summed E-state index contributed by atoms with van der Waals surface area (Å²) >= 11 is 5.55. The van der Waals surface area contributed by atoms with Crippen LogP contribution in [0.4, 0.5) is 13.2 Å². The molecule has 1 aromatic carbocycles. The summed E-state index contributed by atoms with van der Waals surface area (Å²) in [6.45, 7) is 2.09. The van der Waals surface area contributed by atoms with Crippen LogP contribution in [0.1, 0.15) is 25.3 Å². The second-order valence-electron chi connectivity index (χ2n) is 5.10. The second-order valence-corrected chi connectivity index (χ2v) is 7.22. The number of halogens is 4. The number of sulfonamides is 1. The summed E-state index contributed by atoms with van der Waals surface area (Å²) < 4.78 is 71.2. The van der Waals surface area contributed by atoms with Gasteiger partial charge in [-0.15, -0.1) is 0 Å². The maximum atomic E-state index is 13.0. The molecular weight excluding hydrogens is 343 g/mol. The van der Waals surface area contributed by atoms with E-state index in [2.05, 4.69) is 4.72 Å². The van der Waals surface area contributed by atoms with E-state index in [0.717, 1.165) is 18.6 Å². The van der Waals surface area contributed by atoms with E-state index in [0.29, 0.717) is 19.1 Å². The molecule has 0 spiro atoms. The molecule has 9 heteroatoms. The summed E-state index contributed by atoms with van der Waals surface area (Å²) in [5, 5.41) is -0.182. The van der Waals surface area contributed by atoms with Crippen LogP contribution in [0.2, 0.25) is 5.02 Å². The lowest BCUT2D eigenvalue weighted by Crippen LogP contribution is -2.41. The van der Waals surface area contributed by atoms with E-state index in [-0.39, 0.29) is 11.1 Å². The van der Waals surface area contributed by atoms with E-state index < -0.39 is 32.7 Å². The summed E-state index contributed by atoms with van der Waals surface area (Å²) in [6.07, 6.45) is -3.69. The maximum Gasteiger partial charge on any atom is 0.417 e. The van der Waals surface area contributed by atoms with E-state index >= 15 is 0 Å². The summed E-state index contributed by atoms with van der Waals surface area (Å²) in [6, 6.07) is 1.95. The first-order valence-electron chi connectivity index (χ1n) is 6.62. The Morgan fingerprint density at radius 3 is 2.64 bits per heavy atom. The van der Waals surface area contributed by atoms with Crippen LogP contribution >= 0.6 is 11.6 Å². The minimum absolute atomic E-state index is 0.182. The topological polar surface area (TPSA) is 55.4 Å². The number of alkyl halides is 3. The average molecular weight is 358 g/mol. The first-order chi connectivity index (χ1) is 10.1. The second kappa shape index (κ2) is 6.35. The molecule has 1 fully saturated rings. The predicted molar refractivity (Wildman–Crippen MR) is 75.2 cm³/mol. The van der Waals surface area contributed by atoms with E-state index in [4.69, 9.17) is 16.3 Å². The molecule has 2 atom stereocenters. The van der Waals surface area contributed by atoms with Gasteiger partial charge in [0, 0.05) is 17.7 Å². The first-order valence-corrected chi connectivity index (χ1v) is 8.48. The van der Waals surface area contributed by atoms with Crippen LogP contribution in [0.15, 0.2) is 23.1 Å². The Bertz CT molecular complexity index is 642. The molecule has 1 aromatic rings. The SMILES string of the molecule is CC(NS(=O)(=O)c1ccc(Cl)cc1C(F)(F)F)C1CCCO1. The van der Waals surface area contributed by atoms with Gasteiger partial charge < -0.3 is 4.74 Å². The van der Waals surface area contributed by atoms with Crippen molar-refractivity contribution >= 4 is 21.6 Å². The molecule has 0 aromatic heterocycles. The van der Waals surface area contributed by atoms with Gasteiger partial charge in [-0.05, 0) is 38.0 Å². The molecule has 0 aliphatic carbocycles. The van der Waals surface area contributed by atoms with Crippen molar-refractivity contribution in [3.05, 3.63) is 28.8 Å². The van der Waals surface area contributed by atoms with Crippen LogP contribution in [0.25, 0.3) is 0 Å². The molecule has 4 nitrogen and oxygen atoms in total. The van der Waals surface area contributed by atoms with Crippen molar-refractivity contribution in [1.82, 2.24) is 4.72 Å². The Kier molecular flexibility index (Phi) is 5.06. The van der Waals surface area contributed by atoms with Gasteiger partial charge in [0.25, 0.3) is 0 Å². The molecule has 0 radical (unpaired) electrons. The molecule has 124 valence electrons. The van der Waals surface area contributed by atoms with Crippen LogP contribution < -0.4 is 4.72 Å². The summed E-state index contributed by atoms with van der Waals surface area (Å²) in [7, 11) is -4.34. The zero-order valence-corrected chi connectivity index (χ0v) is 13.2. The average Bonchev–Trinajstić information content (AvgIpc) is 2.90. The molecule has 1 saturated heterocycles. The highest BCUT2D eigenvalue weighted by Gasteiger charge is 2.38. The quantitative estimate of drug-likeness (QED) is 0.900. The van der Waals surface area contributed by atoms with Gasteiger partial charge in [-0.1, -0.05) is 11.6 Å². The number of ether oxygens (including phenoxy) is 1. The van der Waals surface area contributed by atoms with E-state index in [9.17, 15) is 21.6 Å². The van der Waals surface area contributed by atoms with Crippen molar-refractivity contribution < 1.29 is 26.3 Å². The lowest BCUT2D eigenvalue weighted by atomic mass is 10.1. The first kappa shape index (κ1) is 17.5. The van der Waals surface area contributed by atoms with Crippen LogP contribution in [0.5, 0.6) is 0 Å². The number of hydrogen-bond donors (Lipinski definition) is 1. The Balaban J connectivity index is 2.33. The van der Waals surface area contributed by atoms with Gasteiger partial charge in [-0.3, -0.25) is 0 Å². The molecule has 0 bridgehead atoms. The molecular formula is C13H15ClF3NO3S. The fourth-order valence-corrected chi connectivity index (χ4v) is 3.99. The van der Waals surface area contributed by atoms with Gasteiger partial charge in [-0.25, -0.2) is 13.1 Å². The number of benzene rings is 1. The summed E-state index contributed by atoms with van der Waals surface area (Å²) in [4.78, 5) is -0.839. The van der Waals surface area contributed by atoms with Crippen molar-refractivity contribution in [2.75, 3.05) is 6.61 Å². The van der Waals surface area contributed by atoms with Gasteiger partial charge in [-0.2, -0.15) is 13.2 Å². The van der Waals surface area contributed by atoms with Crippen molar-refractivity contribution in [2.45, 2.75) is 43.0 Å². The van der Waals surface area contributed by atoms with Crippen LogP contribution in [0, 0.1) is 0 Å². The molecule has 1 heterocycles. The van der Waals surface area contributed by atoms with Gasteiger partial charge in [0.1, 0.15) is 0 Å². The van der Waals surface area contributed by atoms with Gasteiger partial charge >= 0.3 is 6.18 Å². The third-order valence-corrected chi connectivity index (χ3v) is 5.25. The maximum absolute atomic E-state index is 13.0. The van der Waals surface area contributed by atoms with Crippen molar-refractivity contribution in [3.63, 3.8) is 0 Å². The highest BCUT2D eigenvalue weighted by molar-refractivity contribution is 7.89. The molecule has 1 aliphatic rings.